The minimum Gasteiger partial charge on any atom is -0.334 e. The van der Waals surface area contributed by atoms with E-state index in [1.807, 2.05) is 25.1 Å². The van der Waals surface area contributed by atoms with Gasteiger partial charge in [-0.25, -0.2) is 0 Å². The topological polar surface area (TPSA) is 38.9 Å². The highest BCUT2D eigenvalue weighted by Crippen LogP contribution is 2.30. The van der Waals surface area contributed by atoms with Gasteiger partial charge in [0.1, 0.15) is 0 Å². The Kier molecular flexibility index (Phi) is 4.43. The van der Waals surface area contributed by atoms with Crippen LogP contribution in [0.25, 0.3) is 11.5 Å². The van der Waals surface area contributed by atoms with Crippen LogP contribution in [-0.2, 0) is 0 Å². The number of alkyl halides is 1. The average molecular weight is 427 g/mol. The highest BCUT2D eigenvalue weighted by molar-refractivity contribution is 14.1. The highest BCUT2D eigenvalue weighted by Gasteiger charge is 2.16. The van der Waals surface area contributed by atoms with Crippen molar-refractivity contribution >= 4 is 50.1 Å². The molecule has 0 saturated heterocycles. The summed E-state index contributed by atoms with van der Waals surface area (Å²) in [5.74, 6) is 1.03. The van der Waals surface area contributed by atoms with E-state index in [0.717, 1.165) is 20.0 Å². The first-order valence-electron chi connectivity index (χ1n) is 5.05. The molecule has 1 atom stereocenters. The molecule has 1 unspecified atom stereocenters. The molecular weight excluding hydrogens is 418 g/mol. The molecule has 0 aliphatic heterocycles. The maximum atomic E-state index is 6.06. The molecule has 0 aliphatic rings. The minimum absolute atomic E-state index is 0.200. The SMILES string of the molecule is CCC(Cl)c1noc(-c2cc(I)ccc2Br)n1. The summed E-state index contributed by atoms with van der Waals surface area (Å²) in [6.07, 6.45) is 0.772. The third kappa shape index (κ3) is 3.00. The molecule has 2 rings (SSSR count). The molecule has 6 heteroatoms. The molecular formula is C11H9BrClIN2O. The Morgan fingerprint density at radius 3 is 3.00 bits per heavy atom. The van der Waals surface area contributed by atoms with Crippen molar-refractivity contribution in [2.45, 2.75) is 18.7 Å². The van der Waals surface area contributed by atoms with E-state index in [4.69, 9.17) is 16.1 Å². The van der Waals surface area contributed by atoms with Gasteiger partial charge >= 0.3 is 0 Å². The monoisotopic (exact) mass is 426 g/mol. The van der Waals surface area contributed by atoms with Crippen LogP contribution in [0.2, 0.25) is 0 Å². The Balaban J connectivity index is 2.40. The van der Waals surface area contributed by atoms with Crippen molar-refractivity contribution < 1.29 is 4.52 Å². The zero-order valence-corrected chi connectivity index (χ0v) is 13.5. The molecule has 0 saturated carbocycles. The van der Waals surface area contributed by atoms with E-state index < -0.39 is 0 Å². The molecule has 3 nitrogen and oxygen atoms in total. The van der Waals surface area contributed by atoms with Gasteiger partial charge in [-0.3, -0.25) is 0 Å². The van der Waals surface area contributed by atoms with E-state index in [0.29, 0.717) is 11.7 Å². The van der Waals surface area contributed by atoms with Crippen molar-refractivity contribution in [3.63, 3.8) is 0 Å². The smallest absolute Gasteiger partial charge is 0.259 e. The fourth-order valence-electron chi connectivity index (χ4n) is 1.32. The van der Waals surface area contributed by atoms with Gasteiger partial charge in [-0.2, -0.15) is 4.98 Å². The fourth-order valence-corrected chi connectivity index (χ4v) is 2.31. The zero-order chi connectivity index (χ0) is 12.4. The summed E-state index contributed by atoms with van der Waals surface area (Å²) in [6, 6.07) is 5.94. The standard InChI is InChI=1S/C11H9BrClIN2O/c1-2-9(13)10-15-11(17-16-10)7-5-6(14)3-4-8(7)12/h3-5,9H,2H2,1H3. The first-order chi connectivity index (χ1) is 8.11. The normalized spacial score (nSPS) is 12.7. The molecule has 90 valence electrons. The van der Waals surface area contributed by atoms with Gasteiger partial charge < -0.3 is 4.52 Å². The number of halogens is 3. The quantitative estimate of drug-likeness (QED) is 0.522. The van der Waals surface area contributed by atoms with Gasteiger partial charge in [0.25, 0.3) is 5.89 Å². The average Bonchev–Trinajstić information content (AvgIpc) is 2.80. The predicted octanol–water partition coefficient (Wildman–Crippen LogP) is 4.79. The van der Waals surface area contributed by atoms with Crippen LogP contribution in [0.3, 0.4) is 0 Å². The first kappa shape index (κ1) is 13.3. The van der Waals surface area contributed by atoms with Gasteiger partial charge in [-0.15, -0.1) is 11.6 Å². The van der Waals surface area contributed by atoms with E-state index in [9.17, 15) is 0 Å². The van der Waals surface area contributed by atoms with E-state index >= 15 is 0 Å². The number of nitrogens with zero attached hydrogens (tertiary/aromatic N) is 2. The highest BCUT2D eigenvalue weighted by atomic mass is 127. The largest absolute Gasteiger partial charge is 0.334 e. The number of hydrogen-bond acceptors (Lipinski definition) is 3. The maximum absolute atomic E-state index is 6.06. The van der Waals surface area contributed by atoms with Gasteiger partial charge in [0, 0.05) is 8.04 Å². The summed E-state index contributed by atoms with van der Waals surface area (Å²) in [5, 5.41) is 3.69. The molecule has 0 radical (unpaired) electrons. The minimum atomic E-state index is -0.200. The van der Waals surface area contributed by atoms with Crippen molar-refractivity contribution in [3.8, 4) is 11.5 Å². The molecule has 1 aromatic carbocycles. The van der Waals surface area contributed by atoms with Gasteiger partial charge in [-0.05, 0) is 63.1 Å². The molecule has 0 fully saturated rings. The second-order valence-electron chi connectivity index (χ2n) is 3.46. The molecule has 2 aromatic rings. The van der Waals surface area contributed by atoms with E-state index in [2.05, 4.69) is 48.7 Å². The Hall–Kier alpha value is -0.140. The van der Waals surface area contributed by atoms with Crippen LogP contribution in [0.5, 0.6) is 0 Å². The summed E-state index contributed by atoms with van der Waals surface area (Å²) in [4.78, 5) is 4.31. The van der Waals surface area contributed by atoms with Crippen LogP contribution in [0.4, 0.5) is 0 Å². The lowest BCUT2D eigenvalue weighted by molar-refractivity contribution is 0.421. The van der Waals surface area contributed by atoms with Crippen LogP contribution in [-0.4, -0.2) is 10.1 Å². The summed E-state index contributed by atoms with van der Waals surface area (Å²) < 4.78 is 7.27. The van der Waals surface area contributed by atoms with Crippen molar-refractivity contribution in [2.24, 2.45) is 0 Å². The molecule has 0 aliphatic carbocycles. The molecule has 0 spiro atoms. The van der Waals surface area contributed by atoms with Gasteiger partial charge in [-0.1, -0.05) is 12.1 Å². The Morgan fingerprint density at radius 1 is 1.53 bits per heavy atom. The predicted molar refractivity (Wildman–Crippen MR) is 79.0 cm³/mol. The van der Waals surface area contributed by atoms with Gasteiger partial charge in [0.2, 0.25) is 0 Å². The van der Waals surface area contributed by atoms with Gasteiger partial charge in [0.15, 0.2) is 5.82 Å². The maximum Gasteiger partial charge on any atom is 0.259 e. The second kappa shape index (κ2) is 5.67. The molecule has 1 heterocycles. The van der Waals surface area contributed by atoms with Crippen molar-refractivity contribution in [1.82, 2.24) is 10.1 Å². The van der Waals surface area contributed by atoms with Crippen molar-refractivity contribution in [3.05, 3.63) is 32.1 Å². The van der Waals surface area contributed by atoms with Crippen LogP contribution in [0.15, 0.2) is 27.2 Å². The van der Waals surface area contributed by atoms with Crippen LogP contribution in [0, 0.1) is 3.57 Å². The van der Waals surface area contributed by atoms with Crippen LogP contribution >= 0.6 is 50.1 Å². The summed E-state index contributed by atoms with van der Waals surface area (Å²) in [5.41, 5.74) is 0.885. The number of rotatable bonds is 3. The summed E-state index contributed by atoms with van der Waals surface area (Å²) >= 11 is 11.8. The first-order valence-corrected chi connectivity index (χ1v) is 7.35. The lowest BCUT2D eigenvalue weighted by Crippen LogP contribution is -1.91. The molecule has 17 heavy (non-hydrogen) atoms. The molecule has 0 amide bonds. The third-order valence-corrected chi connectivity index (χ3v) is 4.11. The molecule has 1 aromatic heterocycles. The number of benzene rings is 1. The lowest BCUT2D eigenvalue weighted by Gasteiger charge is -1.99. The molecule has 0 N–H and O–H groups in total. The summed E-state index contributed by atoms with van der Waals surface area (Å²) in [6.45, 7) is 1.98. The zero-order valence-electron chi connectivity index (χ0n) is 8.95. The van der Waals surface area contributed by atoms with Crippen LogP contribution < -0.4 is 0 Å². The Morgan fingerprint density at radius 2 is 2.29 bits per heavy atom. The number of aromatic nitrogens is 2. The van der Waals surface area contributed by atoms with Crippen LogP contribution in [0.1, 0.15) is 24.5 Å². The van der Waals surface area contributed by atoms with Crippen molar-refractivity contribution in [2.75, 3.05) is 0 Å². The van der Waals surface area contributed by atoms with Crippen molar-refractivity contribution in [1.29, 1.82) is 0 Å². The number of hydrogen-bond donors (Lipinski definition) is 0. The van der Waals surface area contributed by atoms with E-state index in [1.54, 1.807) is 0 Å². The molecule has 0 bridgehead atoms. The summed E-state index contributed by atoms with van der Waals surface area (Å²) in [7, 11) is 0. The van der Waals surface area contributed by atoms with E-state index in [-0.39, 0.29) is 5.38 Å². The lowest BCUT2D eigenvalue weighted by atomic mass is 10.2. The Bertz CT molecular complexity index is 532. The third-order valence-electron chi connectivity index (χ3n) is 2.24. The Labute approximate surface area is 126 Å². The van der Waals surface area contributed by atoms with E-state index in [1.165, 1.54) is 0 Å². The van der Waals surface area contributed by atoms with Gasteiger partial charge in [0.05, 0.1) is 10.9 Å². The fraction of sp³-hybridized carbons (Fsp3) is 0.273. The second-order valence-corrected chi connectivity index (χ2v) is 6.08.